The molecule has 0 unspecified atom stereocenters. The number of thioether (sulfide) groups is 1. The lowest BCUT2D eigenvalue weighted by Gasteiger charge is -2.22. The van der Waals surface area contributed by atoms with Crippen molar-refractivity contribution in [3.05, 3.63) is 70.0 Å². The molecule has 0 saturated heterocycles. The Hall–Kier alpha value is -2.55. The normalized spacial score (nSPS) is 11.9. The second kappa shape index (κ2) is 11.5. The number of hydrogen-bond donors (Lipinski definition) is 2. The first-order valence-corrected chi connectivity index (χ1v) is 12.2. The third-order valence-electron chi connectivity index (χ3n) is 4.81. The number of aromatic nitrogens is 3. The zero-order chi connectivity index (χ0) is 24.0. The van der Waals surface area contributed by atoms with Gasteiger partial charge in [-0.2, -0.15) is 0 Å². The molecule has 1 aromatic heterocycles. The molecule has 2 amide bonds. The SMILES string of the molecule is CCn1c(SCC(=O)Nc2cc(Cl)cc(Cl)c2)nnc1[C@@H](NC(=O)c1ccccc1)C(C)C. The van der Waals surface area contributed by atoms with Crippen LogP contribution >= 0.6 is 35.0 Å². The maximum Gasteiger partial charge on any atom is 0.251 e. The predicted molar refractivity (Wildman–Crippen MR) is 133 cm³/mol. The van der Waals surface area contributed by atoms with Crippen molar-refractivity contribution >= 4 is 52.5 Å². The van der Waals surface area contributed by atoms with Crippen LogP contribution in [0.15, 0.2) is 53.7 Å². The smallest absolute Gasteiger partial charge is 0.251 e. The molecule has 3 aromatic rings. The van der Waals surface area contributed by atoms with Crippen molar-refractivity contribution in [1.29, 1.82) is 0 Å². The van der Waals surface area contributed by atoms with Crippen molar-refractivity contribution in [3.63, 3.8) is 0 Å². The van der Waals surface area contributed by atoms with Crippen LogP contribution in [0.4, 0.5) is 5.69 Å². The van der Waals surface area contributed by atoms with E-state index in [2.05, 4.69) is 20.8 Å². The maximum atomic E-state index is 12.7. The number of carbonyl (C=O) groups is 2. The molecule has 0 aliphatic carbocycles. The van der Waals surface area contributed by atoms with E-state index >= 15 is 0 Å². The molecule has 0 saturated carbocycles. The fourth-order valence-corrected chi connectivity index (χ4v) is 4.57. The van der Waals surface area contributed by atoms with Crippen LogP contribution in [-0.4, -0.2) is 32.3 Å². The number of rotatable bonds is 9. The van der Waals surface area contributed by atoms with Crippen LogP contribution in [0.5, 0.6) is 0 Å². The number of nitrogens with one attached hydrogen (secondary N) is 2. The van der Waals surface area contributed by atoms with Crippen molar-refractivity contribution in [2.45, 2.75) is 38.5 Å². The minimum absolute atomic E-state index is 0.0842. The van der Waals surface area contributed by atoms with Gasteiger partial charge in [-0.25, -0.2) is 0 Å². The summed E-state index contributed by atoms with van der Waals surface area (Å²) < 4.78 is 1.92. The lowest BCUT2D eigenvalue weighted by atomic mass is 10.0. The topological polar surface area (TPSA) is 88.9 Å². The second-order valence-corrected chi connectivity index (χ2v) is 9.46. The summed E-state index contributed by atoms with van der Waals surface area (Å²) in [7, 11) is 0. The second-order valence-electron chi connectivity index (χ2n) is 7.64. The quantitative estimate of drug-likeness (QED) is 0.376. The lowest BCUT2D eigenvalue weighted by molar-refractivity contribution is -0.113. The molecule has 0 fully saturated rings. The summed E-state index contributed by atoms with van der Waals surface area (Å²) >= 11 is 13.2. The zero-order valence-corrected chi connectivity index (χ0v) is 20.8. The van der Waals surface area contributed by atoms with E-state index in [4.69, 9.17) is 23.2 Å². The summed E-state index contributed by atoms with van der Waals surface area (Å²) in [6, 6.07) is 13.6. The maximum absolute atomic E-state index is 12.7. The highest BCUT2D eigenvalue weighted by Crippen LogP contribution is 2.26. The lowest BCUT2D eigenvalue weighted by Crippen LogP contribution is -2.33. The van der Waals surface area contributed by atoms with E-state index in [1.54, 1.807) is 30.3 Å². The first-order chi connectivity index (χ1) is 15.8. The van der Waals surface area contributed by atoms with Gasteiger partial charge in [-0.3, -0.25) is 9.59 Å². The summed E-state index contributed by atoms with van der Waals surface area (Å²) in [6.07, 6.45) is 0. The number of carbonyl (C=O) groups excluding carboxylic acids is 2. The van der Waals surface area contributed by atoms with E-state index < -0.39 is 0 Å². The number of amides is 2. The summed E-state index contributed by atoms with van der Waals surface area (Å²) in [5.41, 5.74) is 1.11. The Balaban J connectivity index is 1.70. The van der Waals surface area contributed by atoms with Gasteiger partial charge in [-0.1, -0.05) is 67.0 Å². The van der Waals surface area contributed by atoms with Crippen molar-refractivity contribution < 1.29 is 9.59 Å². The standard InChI is InChI=1S/C23H25Cl2N5O2S/c1-4-30-21(20(14(2)3)27-22(32)15-8-6-5-7-9-15)28-29-23(30)33-13-19(31)26-18-11-16(24)10-17(25)12-18/h5-12,14,20H,4,13H2,1-3H3,(H,26,31)(H,27,32)/t20-/m0/s1. The molecule has 2 N–H and O–H groups in total. The zero-order valence-electron chi connectivity index (χ0n) is 18.5. The van der Waals surface area contributed by atoms with E-state index in [9.17, 15) is 9.59 Å². The van der Waals surface area contributed by atoms with Gasteiger partial charge in [0.1, 0.15) is 0 Å². The van der Waals surface area contributed by atoms with Gasteiger partial charge in [0.05, 0.1) is 11.8 Å². The number of hydrogen-bond acceptors (Lipinski definition) is 5. The van der Waals surface area contributed by atoms with E-state index in [-0.39, 0.29) is 29.5 Å². The minimum atomic E-state index is -0.332. The van der Waals surface area contributed by atoms with E-state index in [0.29, 0.717) is 38.8 Å². The van der Waals surface area contributed by atoms with Crippen LogP contribution in [-0.2, 0) is 11.3 Å². The molecule has 1 atom stereocenters. The molecular weight excluding hydrogens is 481 g/mol. The Morgan fingerprint density at radius 2 is 1.73 bits per heavy atom. The number of halogens is 2. The van der Waals surface area contributed by atoms with Gasteiger partial charge in [-0.05, 0) is 43.2 Å². The Morgan fingerprint density at radius 3 is 2.33 bits per heavy atom. The Kier molecular flexibility index (Phi) is 8.77. The van der Waals surface area contributed by atoms with Gasteiger partial charge < -0.3 is 15.2 Å². The van der Waals surface area contributed by atoms with Gasteiger partial charge in [0.15, 0.2) is 11.0 Å². The van der Waals surface area contributed by atoms with E-state index in [1.165, 1.54) is 11.8 Å². The third kappa shape index (κ3) is 6.72. The fraction of sp³-hybridized carbons (Fsp3) is 0.304. The molecule has 174 valence electrons. The molecule has 10 heteroatoms. The van der Waals surface area contributed by atoms with Crippen molar-refractivity contribution in [1.82, 2.24) is 20.1 Å². The Morgan fingerprint density at radius 1 is 1.06 bits per heavy atom. The molecule has 3 rings (SSSR count). The summed E-state index contributed by atoms with van der Waals surface area (Å²) in [5.74, 6) is 0.476. The molecule has 0 spiro atoms. The molecule has 33 heavy (non-hydrogen) atoms. The third-order valence-corrected chi connectivity index (χ3v) is 6.21. The number of nitrogens with zero attached hydrogens (tertiary/aromatic N) is 3. The molecule has 0 aliphatic rings. The van der Waals surface area contributed by atoms with E-state index in [1.807, 2.05) is 43.5 Å². The van der Waals surface area contributed by atoms with Gasteiger partial charge in [-0.15, -0.1) is 10.2 Å². The Labute approximate surface area is 207 Å². The summed E-state index contributed by atoms with van der Waals surface area (Å²) in [5, 5.41) is 16.0. The van der Waals surface area contributed by atoms with Crippen molar-refractivity contribution in [2.75, 3.05) is 11.1 Å². The highest BCUT2D eigenvalue weighted by atomic mass is 35.5. The van der Waals surface area contributed by atoms with Crippen LogP contribution in [0, 0.1) is 5.92 Å². The summed E-state index contributed by atoms with van der Waals surface area (Å²) in [6.45, 7) is 6.60. The van der Waals surface area contributed by atoms with Crippen LogP contribution in [0.2, 0.25) is 10.0 Å². The average Bonchev–Trinajstić information content (AvgIpc) is 3.18. The largest absolute Gasteiger partial charge is 0.342 e. The highest BCUT2D eigenvalue weighted by molar-refractivity contribution is 7.99. The minimum Gasteiger partial charge on any atom is -0.342 e. The first kappa shape index (κ1) is 25.1. The average molecular weight is 506 g/mol. The van der Waals surface area contributed by atoms with Crippen LogP contribution in [0.25, 0.3) is 0 Å². The van der Waals surface area contributed by atoms with Crippen molar-refractivity contribution in [2.24, 2.45) is 5.92 Å². The van der Waals surface area contributed by atoms with Crippen LogP contribution in [0.3, 0.4) is 0 Å². The molecule has 0 bridgehead atoms. The number of benzene rings is 2. The monoisotopic (exact) mass is 505 g/mol. The van der Waals surface area contributed by atoms with Crippen molar-refractivity contribution in [3.8, 4) is 0 Å². The highest BCUT2D eigenvalue weighted by Gasteiger charge is 2.26. The molecule has 0 aliphatic heterocycles. The van der Waals surface area contributed by atoms with Gasteiger partial charge in [0.2, 0.25) is 5.91 Å². The summed E-state index contributed by atoms with van der Waals surface area (Å²) in [4.78, 5) is 25.2. The number of anilines is 1. The molecule has 7 nitrogen and oxygen atoms in total. The Bertz CT molecular complexity index is 1100. The van der Waals surface area contributed by atoms with Crippen LogP contribution < -0.4 is 10.6 Å². The van der Waals surface area contributed by atoms with Gasteiger partial charge in [0.25, 0.3) is 5.91 Å². The van der Waals surface area contributed by atoms with Gasteiger partial charge in [0, 0.05) is 27.8 Å². The molecule has 0 radical (unpaired) electrons. The molecular formula is C23H25Cl2N5O2S. The molecule has 1 heterocycles. The van der Waals surface area contributed by atoms with Crippen LogP contribution in [0.1, 0.15) is 43.0 Å². The molecule has 2 aromatic carbocycles. The van der Waals surface area contributed by atoms with E-state index in [0.717, 1.165) is 0 Å². The predicted octanol–water partition coefficient (Wildman–Crippen LogP) is 5.46. The first-order valence-electron chi connectivity index (χ1n) is 10.5. The fourth-order valence-electron chi connectivity index (χ4n) is 3.23. The van der Waals surface area contributed by atoms with Gasteiger partial charge >= 0.3 is 0 Å².